The number of nitrogens with zero attached hydrogens (tertiary/aromatic N) is 1. The van der Waals surface area contributed by atoms with Crippen molar-refractivity contribution in [1.82, 2.24) is 15.0 Å². The number of aromatic nitrogens is 1. The van der Waals surface area contributed by atoms with Crippen LogP contribution in [0.1, 0.15) is 17.0 Å². The standard InChI is InChI=1S/C14H18N4O4S/c1-15-23(20,21)13-7-6-11(22-13)14(19)18-10-4-9-17-12-5-2-3-8-16-12/h2-3,5-8,15H,4,9-10H2,1H3,(H,16,17)(H,18,19). The monoisotopic (exact) mass is 338 g/mol. The zero-order valence-corrected chi connectivity index (χ0v) is 13.4. The number of rotatable bonds is 8. The molecule has 2 rings (SSSR count). The van der Waals surface area contributed by atoms with Gasteiger partial charge in [0.2, 0.25) is 5.09 Å². The molecule has 0 unspecified atom stereocenters. The number of furan rings is 1. The van der Waals surface area contributed by atoms with Gasteiger partial charge in [-0.15, -0.1) is 0 Å². The lowest BCUT2D eigenvalue weighted by Gasteiger charge is -2.06. The van der Waals surface area contributed by atoms with Gasteiger partial charge in [-0.25, -0.2) is 18.1 Å². The van der Waals surface area contributed by atoms with Gasteiger partial charge in [0.15, 0.2) is 5.76 Å². The molecule has 0 spiro atoms. The maximum atomic E-state index is 11.9. The number of nitrogens with one attached hydrogen (secondary N) is 3. The Labute approximate surface area is 134 Å². The molecule has 0 bridgehead atoms. The highest BCUT2D eigenvalue weighted by Crippen LogP contribution is 2.13. The summed E-state index contributed by atoms with van der Waals surface area (Å²) < 4.78 is 30.2. The Morgan fingerprint density at radius 1 is 1.22 bits per heavy atom. The quantitative estimate of drug-likeness (QED) is 0.614. The Kier molecular flexibility index (Phi) is 5.72. The molecule has 0 atom stereocenters. The maximum absolute atomic E-state index is 11.9. The molecule has 8 nitrogen and oxygen atoms in total. The van der Waals surface area contributed by atoms with E-state index in [2.05, 4.69) is 20.3 Å². The van der Waals surface area contributed by atoms with Crippen LogP contribution >= 0.6 is 0 Å². The minimum absolute atomic E-state index is 0.0449. The molecule has 3 N–H and O–H groups in total. The van der Waals surface area contributed by atoms with E-state index >= 15 is 0 Å². The predicted molar refractivity (Wildman–Crippen MR) is 84.6 cm³/mol. The van der Waals surface area contributed by atoms with Crippen molar-refractivity contribution < 1.29 is 17.6 Å². The number of hydrogen-bond donors (Lipinski definition) is 3. The summed E-state index contributed by atoms with van der Waals surface area (Å²) in [6.45, 7) is 1.07. The molecule has 0 aliphatic heterocycles. The van der Waals surface area contributed by atoms with Crippen molar-refractivity contribution in [2.24, 2.45) is 0 Å². The molecule has 0 radical (unpaired) electrons. The smallest absolute Gasteiger partial charge is 0.287 e. The van der Waals surface area contributed by atoms with Gasteiger partial charge in [-0.05, 0) is 37.7 Å². The van der Waals surface area contributed by atoms with Gasteiger partial charge < -0.3 is 15.1 Å². The van der Waals surface area contributed by atoms with Gasteiger partial charge in [0.05, 0.1) is 0 Å². The Hall–Kier alpha value is -2.39. The fourth-order valence-electron chi connectivity index (χ4n) is 1.75. The van der Waals surface area contributed by atoms with Crippen molar-refractivity contribution in [1.29, 1.82) is 0 Å². The molecule has 124 valence electrons. The Morgan fingerprint density at radius 3 is 2.74 bits per heavy atom. The van der Waals surface area contributed by atoms with E-state index in [1.54, 1.807) is 6.20 Å². The third kappa shape index (κ3) is 4.80. The minimum Gasteiger partial charge on any atom is -0.438 e. The number of anilines is 1. The second kappa shape index (κ2) is 7.75. The number of carbonyl (C=O) groups is 1. The molecule has 1 amide bonds. The third-order valence-corrected chi connectivity index (χ3v) is 4.24. The molecule has 0 saturated heterocycles. The van der Waals surface area contributed by atoms with Gasteiger partial charge >= 0.3 is 0 Å². The summed E-state index contributed by atoms with van der Waals surface area (Å²) >= 11 is 0. The largest absolute Gasteiger partial charge is 0.438 e. The number of hydrogen-bond acceptors (Lipinski definition) is 6. The lowest BCUT2D eigenvalue weighted by atomic mass is 10.3. The number of sulfonamides is 1. The zero-order valence-electron chi connectivity index (χ0n) is 12.6. The van der Waals surface area contributed by atoms with Gasteiger partial charge in [0, 0.05) is 19.3 Å². The van der Waals surface area contributed by atoms with E-state index in [1.807, 2.05) is 18.2 Å². The first-order chi connectivity index (χ1) is 11.0. The van der Waals surface area contributed by atoms with Crippen LogP contribution in [0.25, 0.3) is 0 Å². The SMILES string of the molecule is CNS(=O)(=O)c1ccc(C(=O)NCCCNc2ccccn2)o1. The molecule has 0 aliphatic rings. The number of carbonyl (C=O) groups excluding carboxylic acids is 1. The first-order valence-corrected chi connectivity index (χ1v) is 8.48. The fraction of sp³-hybridized carbons (Fsp3) is 0.286. The second-order valence-corrected chi connectivity index (χ2v) is 6.39. The van der Waals surface area contributed by atoms with E-state index in [-0.39, 0.29) is 10.9 Å². The van der Waals surface area contributed by atoms with Crippen molar-refractivity contribution in [2.75, 3.05) is 25.5 Å². The van der Waals surface area contributed by atoms with Crippen molar-refractivity contribution >= 4 is 21.7 Å². The molecule has 9 heteroatoms. The Bertz CT molecular complexity index is 743. The average Bonchev–Trinajstić information content (AvgIpc) is 3.06. The average molecular weight is 338 g/mol. The summed E-state index contributed by atoms with van der Waals surface area (Å²) in [7, 11) is -2.41. The van der Waals surface area contributed by atoms with Crippen LogP contribution in [0.2, 0.25) is 0 Å². The summed E-state index contributed by atoms with van der Waals surface area (Å²) in [6.07, 6.45) is 2.38. The molecular formula is C14H18N4O4S. The lowest BCUT2D eigenvalue weighted by molar-refractivity contribution is 0.0920. The Balaban J connectivity index is 1.75. The van der Waals surface area contributed by atoms with E-state index < -0.39 is 15.9 Å². The molecule has 2 heterocycles. The maximum Gasteiger partial charge on any atom is 0.287 e. The summed E-state index contributed by atoms with van der Waals surface area (Å²) in [6, 6.07) is 8.13. The predicted octanol–water partition coefficient (Wildman–Crippen LogP) is 0.815. The van der Waals surface area contributed by atoms with Crippen LogP contribution in [0.4, 0.5) is 5.82 Å². The number of amides is 1. The van der Waals surface area contributed by atoms with Crippen LogP contribution in [-0.2, 0) is 10.0 Å². The topological polar surface area (TPSA) is 113 Å². The van der Waals surface area contributed by atoms with Crippen LogP contribution in [0, 0.1) is 0 Å². The molecule has 2 aromatic heterocycles. The van der Waals surface area contributed by atoms with Crippen LogP contribution in [-0.4, -0.2) is 39.4 Å². The molecule has 0 aromatic carbocycles. The molecule has 2 aromatic rings. The highest BCUT2D eigenvalue weighted by atomic mass is 32.2. The summed E-state index contributed by atoms with van der Waals surface area (Å²) in [5.41, 5.74) is 0. The van der Waals surface area contributed by atoms with Gasteiger partial charge in [0.1, 0.15) is 5.82 Å². The molecule has 0 saturated carbocycles. The molecule has 23 heavy (non-hydrogen) atoms. The lowest BCUT2D eigenvalue weighted by Crippen LogP contribution is -2.25. The Morgan fingerprint density at radius 2 is 2.04 bits per heavy atom. The molecule has 0 aliphatic carbocycles. The van der Waals surface area contributed by atoms with Gasteiger partial charge in [-0.2, -0.15) is 0 Å². The van der Waals surface area contributed by atoms with Crippen LogP contribution < -0.4 is 15.4 Å². The highest BCUT2D eigenvalue weighted by molar-refractivity contribution is 7.89. The van der Waals surface area contributed by atoms with Gasteiger partial charge in [-0.3, -0.25) is 4.79 Å². The van der Waals surface area contributed by atoms with E-state index in [1.165, 1.54) is 19.2 Å². The molecule has 0 fully saturated rings. The minimum atomic E-state index is -3.68. The van der Waals surface area contributed by atoms with Crippen molar-refractivity contribution in [3.8, 4) is 0 Å². The summed E-state index contributed by atoms with van der Waals surface area (Å²) in [4.78, 5) is 16.0. The molecular weight excluding hydrogens is 320 g/mol. The van der Waals surface area contributed by atoms with E-state index in [0.29, 0.717) is 19.5 Å². The van der Waals surface area contributed by atoms with Crippen molar-refractivity contribution in [3.05, 3.63) is 42.3 Å². The first kappa shape index (κ1) is 17.0. The second-order valence-electron chi connectivity index (χ2n) is 4.58. The van der Waals surface area contributed by atoms with Crippen LogP contribution in [0.15, 0.2) is 46.0 Å². The third-order valence-electron chi connectivity index (χ3n) is 2.95. The van der Waals surface area contributed by atoms with E-state index in [9.17, 15) is 13.2 Å². The van der Waals surface area contributed by atoms with Crippen LogP contribution in [0.3, 0.4) is 0 Å². The first-order valence-electron chi connectivity index (χ1n) is 6.99. The number of pyridine rings is 1. The van der Waals surface area contributed by atoms with E-state index in [0.717, 1.165) is 5.82 Å². The zero-order chi connectivity index (χ0) is 16.7. The summed E-state index contributed by atoms with van der Waals surface area (Å²) in [5, 5.41) is 5.49. The van der Waals surface area contributed by atoms with Crippen LogP contribution in [0.5, 0.6) is 0 Å². The van der Waals surface area contributed by atoms with Gasteiger partial charge in [0.25, 0.3) is 15.9 Å². The van der Waals surface area contributed by atoms with Gasteiger partial charge in [-0.1, -0.05) is 6.07 Å². The highest BCUT2D eigenvalue weighted by Gasteiger charge is 2.19. The van der Waals surface area contributed by atoms with Crippen molar-refractivity contribution in [2.45, 2.75) is 11.5 Å². The fourth-order valence-corrected chi connectivity index (χ4v) is 2.40. The summed E-state index contributed by atoms with van der Waals surface area (Å²) in [5.74, 6) is 0.267. The van der Waals surface area contributed by atoms with E-state index in [4.69, 9.17) is 4.42 Å². The van der Waals surface area contributed by atoms with Crippen molar-refractivity contribution in [3.63, 3.8) is 0 Å². The normalized spacial score (nSPS) is 11.2.